The van der Waals surface area contributed by atoms with E-state index < -0.39 is 10.7 Å². The molecule has 4 heteroatoms. The number of rotatable bonds is 3. The fourth-order valence-electron chi connectivity index (χ4n) is 0.987. The van der Waals surface area contributed by atoms with Crippen molar-refractivity contribution >= 4 is 5.69 Å². The van der Waals surface area contributed by atoms with Crippen molar-refractivity contribution in [1.29, 1.82) is 0 Å². The Balaban J connectivity index is 3.10. The first-order valence-corrected chi connectivity index (χ1v) is 3.69. The van der Waals surface area contributed by atoms with Gasteiger partial charge in [0.2, 0.25) is 0 Å². The van der Waals surface area contributed by atoms with E-state index in [1.165, 1.54) is 12.1 Å². The molecule has 1 aromatic rings. The molecule has 0 unspecified atom stereocenters. The highest BCUT2D eigenvalue weighted by atomic mass is 19.1. The van der Waals surface area contributed by atoms with Crippen LogP contribution in [0.25, 0.3) is 0 Å². The largest absolute Gasteiger partial charge is 0.269 e. The van der Waals surface area contributed by atoms with Crippen LogP contribution in [0.2, 0.25) is 0 Å². The highest BCUT2D eigenvalue weighted by Crippen LogP contribution is 2.17. The number of hydrogen-bond acceptors (Lipinski definition) is 2. The fraction of sp³-hybridized carbons (Fsp3) is 0.111. The monoisotopic (exact) mass is 181 g/mol. The molecular formula is C9H8FNO2. The second-order valence-corrected chi connectivity index (χ2v) is 2.53. The third-order valence-electron chi connectivity index (χ3n) is 1.60. The lowest BCUT2D eigenvalue weighted by molar-refractivity contribution is -0.385. The Morgan fingerprint density at radius 3 is 2.85 bits per heavy atom. The first kappa shape index (κ1) is 9.38. The summed E-state index contributed by atoms with van der Waals surface area (Å²) < 4.78 is 12.9. The molecule has 0 fully saturated rings. The molecular weight excluding hydrogens is 173 g/mol. The summed E-state index contributed by atoms with van der Waals surface area (Å²) in [4.78, 5) is 9.78. The average Bonchev–Trinajstić information content (AvgIpc) is 2.08. The number of halogens is 1. The zero-order valence-corrected chi connectivity index (χ0v) is 6.87. The lowest BCUT2D eigenvalue weighted by atomic mass is 10.1. The van der Waals surface area contributed by atoms with Crippen LogP contribution in [0, 0.1) is 15.9 Å². The van der Waals surface area contributed by atoms with Gasteiger partial charge < -0.3 is 0 Å². The van der Waals surface area contributed by atoms with Crippen molar-refractivity contribution in [3.63, 3.8) is 0 Å². The third-order valence-corrected chi connectivity index (χ3v) is 1.60. The van der Waals surface area contributed by atoms with Gasteiger partial charge in [-0.05, 0) is 18.1 Å². The standard InChI is InChI=1S/C9H8FNO2/c1-2-3-7-6-8(11(12)13)4-5-9(7)10/h2,4-6H,1,3H2. The Morgan fingerprint density at radius 1 is 1.62 bits per heavy atom. The molecule has 0 aromatic heterocycles. The highest BCUT2D eigenvalue weighted by molar-refractivity contribution is 5.36. The van der Waals surface area contributed by atoms with E-state index in [0.717, 1.165) is 12.1 Å². The predicted molar refractivity (Wildman–Crippen MR) is 47.0 cm³/mol. The summed E-state index contributed by atoms with van der Waals surface area (Å²) in [5, 5.41) is 10.3. The lowest BCUT2D eigenvalue weighted by Gasteiger charge is -1.98. The fourth-order valence-corrected chi connectivity index (χ4v) is 0.987. The van der Waals surface area contributed by atoms with Crippen LogP contribution in [0.4, 0.5) is 10.1 Å². The van der Waals surface area contributed by atoms with E-state index >= 15 is 0 Å². The zero-order chi connectivity index (χ0) is 9.84. The minimum Gasteiger partial charge on any atom is -0.258 e. The summed E-state index contributed by atoms with van der Waals surface area (Å²) in [6, 6.07) is 3.45. The Bertz CT molecular complexity index is 349. The van der Waals surface area contributed by atoms with Crippen LogP contribution in [0.3, 0.4) is 0 Å². The molecule has 13 heavy (non-hydrogen) atoms. The van der Waals surface area contributed by atoms with Crippen LogP contribution >= 0.6 is 0 Å². The minimum atomic E-state index is -0.550. The molecule has 68 valence electrons. The van der Waals surface area contributed by atoms with Crippen LogP contribution in [0.15, 0.2) is 30.9 Å². The predicted octanol–water partition coefficient (Wildman–Crippen LogP) is 2.46. The summed E-state index contributed by atoms with van der Waals surface area (Å²) in [5.41, 5.74) is 0.197. The molecule has 0 radical (unpaired) electrons. The van der Waals surface area contributed by atoms with Crippen LogP contribution in [0.1, 0.15) is 5.56 Å². The van der Waals surface area contributed by atoms with Gasteiger partial charge in [0.15, 0.2) is 0 Å². The maximum atomic E-state index is 12.9. The van der Waals surface area contributed by atoms with Gasteiger partial charge in [-0.2, -0.15) is 0 Å². The molecule has 0 saturated heterocycles. The molecule has 1 rings (SSSR count). The van der Waals surface area contributed by atoms with Gasteiger partial charge in [-0.25, -0.2) is 4.39 Å². The van der Waals surface area contributed by atoms with Crippen molar-refractivity contribution in [3.05, 3.63) is 52.3 Å². The average molecular weight is 181 g/mol. The molecule has 3 nitrogen and oxygen atoms in total. The maximum Gasteiger partial charge on any atom is 0.269 e. The van der Waals surface area contributed by atoms with E-state index in [1.54, 1.807) is 0 Å². The summed E-state index contributed by atoms with van der Waals surface area (Å²) in [6.07, 6.45) is 1.80. The topological polar surface area (TPSA) is 43.1 Å². The molecule has 0 saturated carbocycles. The Morgan fingerprint density at radius 2 is 2.31 bits per heavy atom. The van der Waals surface area contributed by atoms with Gasteiger partial charge in [0.25, 0.3) is 5.69 Å². The molecule has 0 heterocycles. The molecule has 0 aliphatic heterocycles. The van der Waals surface area contributed by atoms with E-state index in [4.69, 9.17) is 0 Å². The van der Waals surface area contributed by atoms with Gasteiger partial charge in [-0.1, -0.05) is 6.08 Å². The normalized spacial score (nSPS) is 9.62. The van der Waals surface area contributed by atoms with Crippen molar-refractivity contribution in [2.75, 3.05) is 0 Å². The minimum absolute atomic E-state index is 0.0988. The molecule has 1 aromatic carbocycles. The number of nitrogens with zero attached hydrogens (tertiary/aromatic N) is 1. The highest BCUT2D eigenvalue weighted by Gasteiger charge is 2.08. The maximum absolute atomic E-state index is 12.9. The van der Waals surface area contributed by atoms with Crippen LogP contribution < -0.4 is 0 Å². The second-order valence-electron chi connectivity index (χ2n) is 2.53. The van der Waals surface area contributed by atoms with Crippen molar-refractivity contribution in [2.24, 2.45) is 0 Å². The zero-order valence-electron chi connectivity index (χ0n) is 6.87. The van der Waals surface area contributed by atoms with Gasteiger partial charge in [0.1, 0.15) is 5.82 Å². The molecule has 0 amide bonds. The molecule has 0 spiro atoms. The van der Waals surface area contributed by atoms with Gasteiger partial charge >= 0.3 is 0 Å². The van der Waals surface area contributed by atoms with Gasteiger partial charge in [0, 0.05) is 12.1 Å². The summed E-state index contributed by atoms with van der Waals surface area (Å²) >= 11 is 0. The first-order valence-electron chi connectivity index (χ1n) is 3.69. The number of nitro benzene ring substituents is 1. The molecule has 0 N–H and O–H groups in total. The first-order chi connectivity index (χ1) is 6.15. The Kier molecular flexibility index (Phi) is 2.74. The van der Waals surface area contributed by atoms with Gasteiger partial charge in [0.05, 0.1) is 4.92 Å². The number of hydrogen-bond donors (Lipinski definition) is 0. The Labute approximate surface area is 74.7 Å². The quantitative estimate of drug-likeness (QED) is 0.408. The van der Waals surface area contributed by atoms with Crippen molar-refractivity contribution in [2.45, 2.75) is 6.42 Å². The number of nitro groups is 1. The van der Waals surface area contributed by atoms with E-state index in [-0.39, 0.29) is 5.69 Å². The van der Waals surface area contributed by atoms with Crippen LogP contribution in [0.5, 0.6) is 0 Å². The molecule has 0 atom stereocenters. The summed E-state index contributed by atoms with van der Waals surface area (Å²) in [7, 11) is 0. The van der Waals surface area contributed by atoms with E-state index in [9.17, 15) is 14.5 Å². The van der Waals surface area contributed by atoms with Crippen LogP contribution in [-0.2, 0) is 6.42 Å². The van der Waals surface area contributed by atoms with E-state index in [2.05, 4.69) is 6.58 Å². The third kappa shape index (κ3) is 2.11. The molecule has 0 aliphatic carbocycles. The Hall–Kier alpha value is -1.71. The number of benzene rings is 1. The van der Waals surface area contributed by atoms with Crippen molar-refractivity contribution < 1.29 is 9.31 Å². The van der Waals surface area contributed by atoms with Crippen molar-refractivity contribution in [3.8, 4) is 0 Å². The summed E-state index contributed by atoms with van der Waals surface area (Å²) in [5.74, 6) is -0.439. The van der Waals surface area contributed by atoms with Gasteiger partial charge in [-0.15, -0.1) is 6.58 Å². The molecule has 0 aliphatic rings. The smallest absolute Gasteiger partial charge is 0.258 e. The lowest BCUT2D eigenvalue weighted by Crippen LogP contribution is -1.93. The van der Waals surface area contributed by atoms with E-state index in [1.807, 2.05) is 0 Å². The number of allylic oxidation sites excluding steroid dienone is 1. The SMILES string of the molecule is C=CCc1cc([N+](=O)[O-])ccc1F. The van der Waals surface area contributed by atoms with E-state index in [0.29, 0.717) is 12.0 Å². The van der Waals surface area contributed by atoms with Gasteiger partial charge in [-0.3, -0.25) is 10.1 Å². The van der Waals surface area contributed by atoms with Crippen molar-refractivity contribution in [1.82, 2.24) is 0 Å². The second kappa shape index (κ2) is 3.80. The summed E-state index contributed by atoms with van der Waals surface area (Å²) in [6.45, 7) is 3.44. The molecule has 0 bridgehead atoms. The number of non-ortho nitro benzene ring substituents is 1. The van der Waals surface area contributed by atoms with Crippen LogP contribution in [-0.4, -0.2) is 4.92 Å².